The summed E-state index contributed by atoms with van der Waals surface area (Å²) < 4.78 is 38.7. The van der Waals surface area contributed by atoms with Crippen LogP contribution >= 0.6 is 0 Å². The highest BCUT2D eigenvalue weighted by atomic mass is 19.4. The molecule has 186 valence electrons. The third-order valence-electron chi connectivity index (χ3n) is 7.11. The number of rotatable bonds is 7. The highest BCUT2D eigenvalue weighted by Gasteiger charge is 2.69. The van der Waals surface area contributed by atoms with Crippen molar-refractivity contribution in [3.05, 3.63) is 0 Å². The first kappa shape index (κ1) is 26.9. The molecule has 2 fully saturated rings. The first-order chi connectivity index (χ1) is 15.0. The summed E-state index contributed by atoms with van der Waals surface area (Å²) in [5.74, 6) is -3.61. The number of alkyl halides is 3. The first-order valence-electron chi connectivity index (χ1n) is 11.3. The molecule has 1 saturated carbocycles. The van der Waals surface area contributed by atoms with Crippen LogP contribution in [0.3, 0.4) is 0 Å². The molecule has 6 atom stereocenters. The molecular formula is C23H35F3N4O3. The Morgan fingerprint density at radius 2 is 1.76 bits per heavy atom. The monoisotopic (exact) mass is 472 g/mol. The molecule has 1 aliphatic carbocycles. The minimum Gasteiger partial charge on any atom is -0.344 e. The number of hydrogen-bond donors (Lipinski definition) is 2. The molecule has 2 rings (SSSR count). The van der Waals surface area contributed by atoms with Crippen molar-refractivity contribution in [3.8, 4) is 6.07 Å². The molecule has 0 aromatic rings. The number of amides is 3. The molecule has 7 nitrogen and oxygen atoms in total. The quantitative estimate of drug-likeness (QED) is 0.595. The summed E-state index contributed by atoms with van der Waals surface area (Å²) in [7, 11) is 0. The van der Waals surface area contributed by atoms with Gasteiger partial charge in [-0.2, -0.15) is 18.4 Å². The molecule has 1 heterocycles. The van der Waals surface area contributed by atoms with Crippen LogP contribution in [0.1, 0.15) is 61.3 Å². The van der Waals surface area contributed by atoms with Gasteiger partial charge in [-0.1, -0.05) is 48.5 Å². The summed E-state index contributed by atoms with van der Waals surface area (Å²) in [4.78, 5) is 40.5. The second-order valence-corrected chi connectivity index (χ2v) is 11.0. The summed E-state index contributed by atoms with van der Waals surface area (Å²) in [5.41, 5.74) is -0.939. The Morgan fingerprint density at radius 1 is 1.18 bits per heavy atom. The van der Waals surface area contributed by atoms with Gasteiger partial charge in [0.25, 0.3) is 0 Å². The van der Waals surface area contributed by atoms with Crippen molar-refractivity contribution in [1.82, 2.24) is 15.5 Å². The van der Waals surface area contributed by atoms with E-state index >= 15 is 0 Å². The van der Waals surface area contributed by atoms with Crippen LogP contribution in [0.15, 0.2) is 0 Å². The zero-order chi connectivity index (χ0) is 25.5. The van der Waals surface area contributed by atoms with Gasteiger partial charge in [0.2, 0.25) is 17.7 Å². The highest BCUT2D eigenvalue weighted by Crippen LogP contribution is 2.65. The van der Waals surface area contributed by atoms with E-state index in [1.54, 1.807) is 27.7 Å². The van der Waals surface area contributed by atoms with Gasteiger partial charge in [0.15, 0.2) is 0 Å². The van der Waals surface area contributed by atoms with Gasteiger partial charge < -0.3 is 15.5 Å². The maximum Gasteiger partial charge on any atom is 0.392 e. The van der Waals surface area contributed by atoms with Gasteiger partial charge in [0, 0.05) is 13.0 Å². The van der Waals surface area contributed by atoms with E-state index < -0.39 is 59.8 Å². The van der Waals surface area contributed by atoms with Crippen LogP contribution in [0.5, 0.6) is 0 Å². The van der Waals surface area contributed by atoms with Crippen LogP contribution in [0.25, 0.3) is 0 Å². The topological polar surface area (TPSA) is 102 Å². The number of hydrogen-bond acceptors (Lipinski definition) is 4. The van der Waals surface area contributed by atoms with Crippen molar-refractivity contribution in [1.29, 1.82) is 5.26 Å². The standard InChI is InChI=1S/C23H35F3N4O3/c1-8-13(10-27)28-19(32)17-16-14(22(16,6)7)11-30(17)20(33)18(21(3,4)5)29-15(31)9-12(2)23(24,25)26/h12-14,16-18H,8-9,11H2,1-7H3,(H,28,32)(H,29,31)/t12?,13-,14-,16-,17-,18+/m0/s1. The second-order valence-electron chi connectivity index (χ2n) is 11.0. The lowest BCUT2D eigenvalue weighted by Crippen LogP contribution is -2.59. The average molecular weight is 473 g/mol. The van der Waals surface area contributed by atoms with Crippen molar-refractivity contribution in [2.24, 2.45) is 28.6 Å². The number of likely N-dealkylation sites (tertiary alicyclic amines) is 1. The number of halogens is 3. The van der Waals surface area contributed by atoms with Crippen molar-refractivity contribution < 1.29 is 27.6 Å². The van der Waals surface area contributed by atoms with Crippen molar-refractivity contribution in [2.45, 2.75) is 85.6 Å². The highest BCUT2D eigenvalue weighted by molar-refractivity contribution is 5.94. The minimum absolute atomic E-state index is 0.0841. The fourth-order valence-electron chi connectivity index (χ4n) is 4.72. The van der Waals surface area contributed by atoms with Gasteiger partial charge in [0.05, 0.1) is 12.0 Å². The predicted molar refractivity (Wildman–Crippen MR) is 115 cm³/mol. The minimum atomic E-state index is -4.51. The van der Waals surface area contributed by atoms with E-state index in [1.165, 1.54) is 4.90 Å². The van der Waals surface area contributed by atoms with Crippen LogP contribution in [0.2, 0.25) is 0 Å². The van der Waals surface area contributed by atoms with Crippen LogP contribution in [-0.4, -0.2) is 53.5 Å². The molecule has 0 radical (unpaired) electrons. The number of nitriles is 1. The van der Waals surface area contributed by atoms with Gasteiger partial charge in [-0.15, -0.1) is 0 Å². The molecule has 1 saturated heterocycles. The molecule has 2 N–H and O–H groups in total. The zero-order valence-corrected chi connectivity index (χ0v) is 20.3. The maximum absolute atomic E-state index is 13.6. The average Bonchev–Trinajstić information content (AvgIpc) is 3.03. The SMILES string of the molecule is CC[C@@H](C#N)NC(=O)[C@@H]1[C@@H]2[C@H](CN1C(=O)[C@@H](NC(=O)CC(C)C(F)(F)F)C(C)(C)C)C2(C)C. The van der Waals surface area contributed by atoms with E-state index in [2.05, 4.69) is 10.6 Å². The van der Waals surface area contributed by atoms with Crippen molar-refractivity contribution >= 4 is 17.7 Å². The summed E-state index contributed by atoms with van der Waals surface area (Å²) in [6, 6.07) is -0.558. The van der Waals surface area contributed by atoms with Gasteiger partial charge >= 0.3 is 6.18 Å². The first-order valence-corrected chi connectivity index (χ1v) is 11.3. The van der Waals surface area contributed by atoms with Crippen LogP contribution in [-0.2, 0) is 14.4 Å². The Balaban J connectivity index is 2.25. The summed E-state index contributed by atoms with van der Waals surface area (Å²) in [6.07, 6.45) is -4.88. The van der Waals surface area contributed by atoms with Crippen LogP contribution in [0, 0.1) is 39.9 Å². The largest absolute Gasteiger partial charge is 0.392 e. The smallest absolute Gasteiger partial charge is 0.344 e. The summed E-state index contributed by atoms with van der Waals surface area (Å²) in [5, 5.41) is 14.4. The Kier molecular flexibility index (Phi) is 7.47. The zero-order valence-electron chi connectivity index (χ0n) is 20.3. The van der Waals surface area contributed by atoms with Crippen molar-refractivity contribution in [3.63, 3.8) is 0 Å². The fraction of sp³-hybridized carbons (Fsp3) is 0.826. The van der Waals surface area contributed by atoms with E-state index in [-0.39, 0.29) is 17.3 Å². The molecule has 2 aliphatic rings. The number of nitrogens with zero attached hydrogens (tertiary/aromatic N) is 2. The Hall–Kier alpha value is -2.31. The normalized spacial score (nSPS) is 26.5. The second kappa shape index (κ2) is 9.15. The molecule has 0 aromatic heterocycles. The third-order valence-corrected chi connectivity index (χ3v) is 7.11. The number of nitrogens with one attached hydrogen (secondary N) is 2. The molecular weight excluding hydrogens is 437 g/mol. The molecule has 1 aliphatic heterocycles. The third kappa shape index (κ3) is 5.61. The molecule has 0 bridgehead atoms. The summed E-state index contributed by atoms with van der Waals surface area (Å²) >= 11 is 0. The summed E-state index contributed by atoms with van der Waals surface area (Å²) in [6.45, 7) is 12.2. The number of carbonyl (C=O) groups excluding carboxylic acids is 3. The molecule has 3 amide bonds. The molecule has 0 spiro atoms. The Labute approximate surface area is 193 Å². The fourth-order valence-corrected chi connectivity index (χ4v) is 4.72. The van der Waals surface area contributed by atoms with Crippen LogP contribution < -0.4 is 10.6 Å². The molecule has 0 aromatic carbocycles. The number of piperidine rings is 1. The van der Waals surface area contributed by atoms with E-state index in [9.17, 15) is 32.8 Å². The van der Waals surface area contributed by atoms with Gasteiger partial charge in [-0.05, 0) is 29.1 Å². The lowest BCUT2D eigenvalue weighted by atomic mass is 9.85. The van der Waals surface area contributed by atoms with E-state index in [4.69, 9.17) is 0 Å². The molecule has 10 heteroatoms. The van der Waals surface area contributed by atoms with E-state index in [0.29, 0.717) is 13.0 Å². The van der Waals surface area contributed by atoms with Gasteiger partial charge in [-0.25, -0.2) is 0 Å². The van der Waals surface area contributed by atoms with Gasteiger partial charge in [0.1, 0.15) is 18.1 Å². The Bertz CT molecular complexity index is 828. The molecule has 1 unspecified atom stereocenters. The number of carbonyl (C=O) groups is 3. The van der Waals surface area contributed by atoms with E-state index in [1.807, 2.05) is 19.9 Å². The lowest BCUT2D eigenvalue weighted by molar-refractivity contribution is -0.174. The predicted octanol–water partition coefficient (Wildman–Crippen LogP) is 3.01. The Morgan fingerprint density at radius 3 is 2.21 bits per heavy atom. The van der Waals surface area contributed by atoms with E-state index in [0.717, 1.165) is 6.92 Å². The molecule has 33 heavy (non-hydrogen) atoms. The van der Waals surface area contributed by atoms with Crippen LogP contribution in [0.4, 0.5) is 13.2 Å². The lowest BCUT2D eigenvalue weighted by Gasteiger charge is -2.38. The van der Waals surface area contributed by atoms with Gasteiger partial charge in [-0.3, -0.25) is 14.4 Å². The van der Waals surface area contributed by atoms with Crippen molar-refractivity contribution in [2.75, 3.05) is 6.54 Å². The number of fused-ring (bicyclic) bond motifs is 1. The maximum atomic E-state index is 13.6.